The van der Waals surface area contributed by atoms with Crippen LogP contribution < -0.4 is 4.74 Å². The number of aliphatic imine (C=N–C) groups is 1. The van der Waals surface area contributed by atoms with Crippen molar-refractivity contribution in [1.82, 2.24) is 4.90 Å². The molecule has 0 N–H and O–H groups in total. The van der Waals surface area contributed by atoms with Gasteiger partial charge >= 0.3 is 0 Å². The molecule has 0 fully saturated rings. The van der Waals surface area contributed by atoms with E-state index in [9.17, 15) is 0 Å². The van der Waals surface area contributed by atoms with Gasteiger partial charge in [-0.25, -0.2) is 0 Å². The number of nitrogens with zero attached hydrogens (tertiary/aromatic N) is 4. The van der Waals surface area contributed by atoms with Gasteiger partial charge in [0, 0.05) is 5.56 Å². The second-order valence-corrected chi connectivity index (χ2v) is 5.23. The molecule has 0 unspecified atom stereocenters. The first-order valence-corrected chi connectivity index (χ1v) is 6.59. The number of terminal acetylenes is 1. The van der Waals surface area contributed by atoms with Gasteiger partial charge in [0.2, 0.25) is 6.19 Å². The molecule has 22 heavy (non-hydrogen) atoms. The summed E-state index contributed by atoms with van der Waals surface area (Å²) in [6.07, 6.45) is 10.4. The third-order valence-electron chi connectivity index (χ3n) is 3.07. The molecule has 1 aromatic carbocycles. The fourth-order valence-corrected chi connectivity index (χ4v) is 2.23. The molecule has 0 aliphatic carbocycles. The summed E-state index contributed by atoms with van der Waals surface area (Å²) < 4.78 is 5.91. The highest BCUT2D eigenvalue weighted by molar-refractivity contribution is 5.81. The van der Waals surface area contributed by atoms with Crippen LogP contribution in [0, 0.1) is 35.1 Å². The minimum Gasteiger partial charge on any atom is -0.483 e. The topological polar surface area (TPSA) is 72.4 Å². The van der Waals surface area contributed by atoms with Crippen molar-refractivity contribution >= 4 is 12.0 Å². The molecular formula is C17H14N4O. The van der Waals surface area contributed by atoms with Crippen molar-refractivity contribution in [2.45, 2.75) is 19.4 Å². The summed E-state index contributed by atoms with van der Waals surface area (Å²) in [7, 11) is 0. The maximum atomic E-state index is 9.09. The van der Waals surface area contributed by atoms with E-state index in [4.69, 9.17) is 21.7 Å². The van der Waals surface area contributed by atoms with Crippen LogP contribution in [0.5, 0.6) is 5.75 Å². The maximum absolute atomic E-state index is 9.09. The van der Waals surface area contributed by atoms with Crippen LogP contribution in [0.15, 0.2) is 29.3 Å². The van der Waals surface area contributed by atoms with Crippen LogP contribution in [0.4, 0.5) is 0 Å². The Hall–Kier alpha value is -3.23. The molecule has 0 bridgehead atoms. The Balaban J connectivity index is 2.59. The highest BCUT2D eigenvalue weighted by atomic mass is 16.5. The summed E-state index contributed by atoms with van der Waals surface area (Å²) >= 11 is 0. The second-order valence-electron chi connectivity index (χ2n) is 5.23. The van der Waals surface area contributed by atoms with Gasteiger partial charge < -0.3 is 9.64 Å². The first-order valence-electron chi connectivity index (χ1n) is 6.59. The van der Waals surface area contributed by atoms with Crippen molar-refractivity contribution in [3.05, 3.63) is 35.4 Å². The lowest BCUT2D eigenvalue weighted by atomic mass is 9.97. The number of hydrogen-bond donors (Lipinski definition) is 0. The van der Waals surface area contributed by atoms with Gasteiger partial charge in [0.1, 0.15) is 17.7 Å². The van der Waals surface area contributed by atoms with Gasteiger partial charge in [0.25, 0.3) is 0 Å². The van der Waals surface area contributed by atoms with E-state index in [0.29, 0.717) is 11.3 Å². The Labute approximate surface area is 129 Å². The van der Waals surface area contributed by atoms with E-state index in [1.807, 2.05) is 19.9 Å². The fourth-order valence-electron chi connectivity index (χ4n) is 2.23. The van der Waals surface area contributed by atoms with Crippen LogP contribution in [-0.4, -0.2) is 23.4 Å². The number of fused-ring (bicyclic) bond motifs is 1. The zero-order chi connectivity index (χ0) is 16.2. The quantitative estimate of drug-likeness (QED) is 0.371. The van der Waals surface area contributed by atoms with Crippen molar-refractivity contribution in [2.24, 2.45) is 4.99 Å². The minimum atomic E-state index is -0.538. The van der Waals surface area contributed by atoms with Gasteiger partial charge in [0.15, 0.2) is 0 Å². The lowest BCUT2D eigenvalue weighted by Gasteiger charge is -2.34. The first-order chi connectivity index (χ1) is 10.5. The third-order valence-corrected chi connectivity index (χ3v) is 3.07. The van der Waals surface area contributed by atoms with Crippen LogP contribution in [0.2, 0.25) is 0 Å². The van der Waals surface area contributed by atoms with Crippen LogP contribution in [-0.2, 0) is 0 Å². The predicted molar refractivity (Wildman–Crippen MR) is 83.5 cm³/mol. The molecule has 0 saturated carbocycles. The second kappa shape index (κ2) is 6.04. The van der Waals surface area contributed by atoms with E-state index in [1.54, 1.807) is 29.3 Å². The molecule has 0 aromatic heterocycles. The van der Waals surface area contributed by atoms with Gasteiger partial charge in [-0.05, 0) is 38.1 Å². The zero-order valence-electron chi connectivity index (χ0n) is 12.4. The van der Waals surface area contributed by atoms with E-state index in [0.717, 1.165) is 11.3 Å². The Morgan fingerprint density at radius 2 is 2.18 bits per heavy atom. The third kappa shape index (κ3) is 3.08. The summed E-state index contributed by atoms with van der Waals surface area (Å²) in [4.78, 5) is 5.28. The normalized spacial score (nSPS) is 14.8. The SMILES string of the molecule is C#CCN(C=NC#N)C1=CC(C)(C)Oc2ccc(C#N)cc21. The molecule has 0 spiro atoms. The van der Waals surface area contributed by atoms with Gasteiger partial charge in [-0.15, -0.1) is 6.42 Å². The molecule has 1 heterocycles. The Morgan fingerprint density at radius 3 is 2.82 bits per heavy atom. The standard InChI is InChI=1S/C17H14N4O/c1-4-7-21(12-20-11-19)15-9-17(2,3)22-16-6-5-13(10-18)8-14(15)16/h1,5-6,8-9,12H,7H2,2-3H3. The number of ether oxygens (including phenoxy) is 1. The Bertz CT molecular complexity index is 769. The van der Waals surface area contributed by atoms with E-state index in [1.165, 1.54) is 6.34 Å². The summed E-state index contributed by atoms with van der Waals surface area (Å²) in [5.41, 5.74) is 1.49. The number of hydrogen-bond acceptors (Lipinski definition) is 4. The number of nitriles is 2. The molecule has 5 nitrogen and oxygen atoms in total. The van der Waals surface area contributed by atoms with Crippen LogP contribution >= 0.6 is 0 Å². The number of benzene rings is 1. The summed E-state index contributed by atoms with van der Waals surface area (Å²) in [6.45, 7) is 4.09. The summed E-state index contributed by atoms with van der Waals surface area (Å²) in [5, 5.41) is 17.7. The Kier molecular flexibility index (Phi) is 4.16. The van der Waals surface area contributed by atoms with Crippen LogP contribution in [0.3, 0.4) is 0 Å². The maximum Gasteiger partial charge on any atom is 0.207 e. The van der Waals surface area contributed by atoms with Crippen LogP contribution in [0.1, 0.15) is 25.0 Å². The monoisotopic (exact) mass is 290 g/mol. The smallest absolute Gasteiger partial charge is 0.207 e. The molecule has 1 aromatic rings. The van der Waals surface area contributed by atoms with Gasteiger partial charge in [-0.2, -0.15) is 15.5 Å². The van der Waals surface area contributed by atoms with Crippen molar-refractivity contribution in [1.29, 1.82) is 10.5 Å². The van der Waals surface area contributed by atoms with Gasteiger partial charge in [-0.3, -0.25) is 0 Å². The average molecular weight is 290 g/mol. The largest absolute Gasteiger partial charge is 0.483 e. The summed E-state index contributed by atoms with van der Waals surface area (Å²) in [6, 6.07) is 7.30. The molecule has 0 amide bonds. The van der Waals surface area contributed by atoms with Crippen molar-refractivity contribution in [3.63, 3.8) is 0 Å². The zero-order valence-corrected chi connectivity index (χ0v) is 12.4. The minimum absolute atomic E-state index is 0.253. The first kappa shape index (κ1) is 15.2. The van der Waals surface area contributed by atoms with Crippen molar-refractivity contribution < 1.29 is 4.74 Å². The van der Waals surface area contributed by atoms with Gasteiger partial charge in [-0.1, -0.05) is 5.92 Å². The molecule has 108 valence electrons. The van der Waals surface area contributed by atoms with Gasteiger partial charge in [0.05, 0.1) is 23.9 Å². The molecule has 0 atom stereocenters. The van der Waals surface area contributed by atoms with E-state index in [2.05, 4.69) is 17.0 Å². The highest BCUT2D eigenvalue weighted by Gasteiger charge is 2.29. The lowest BCUT2D eigenvalue weighted by Crippen LogP contribution is -2.33. The molecule has 0 saturated heterocycles. The van der Waals surface area contributed by atoms with Crippen molar-refractivity contribution in [3.8, 4) is 30.4 Å². The predicted octanol–water partition coefficient (Wildman–Crippen LogP) is 2.51. The van der Waals surface area contributed by atoms with E-state index in [-0.39, 0.29) is 6.54 Å². The van der Waals surface area contributed by atoms with E-state index >= 15 is 0 Å². The molecule has 0 radical (unpaired) electrons. The fraction of sp³-hybridized carbons (Fsp3) is 0.235. The molecular weight excluding hydrogens is 276 g/mol. The number of rotatable bonds is 3. The molecule has 5 heteroatoms. The molecule has 1 aliphatic rings. The highest BCUT2D eigenvalue weighted by Crippen LogP contribution is 2.37. The average Bonchev–Trinajstić information content (AvgIpc) is 2.49. The molecule has 2 rings (SSSR count). The molecule has 1 aliphatic heterocycles. The van der Waals surface area contributed by atoms with Crippen LogP contribution in [0.25, 0.3) is 5.70 Å². The summed E-state index contributed by atoms with van der Waals surface area (Å²) in [5.74, 6) is 3.20. The van der Waals surface area contributed by atoms with E-state index < -0.39 is 5.60 Å². The Morgan fingerprint density at radius 1 is 1.41 bits per heavy atom. The lowest BCUT2D eigenvalue weighted by molar-refractivity contribution is 0.156. The van der Waals surface area contributed by atoms with Crippen molar-refractivity contribution in [2.75, 3.05) is 6.54 Å².